The number of carbonyl (C=O) groups is 1. The predicted octanol–water partition coefficient (Wildman–Crippen LogP) is 3.31. The summed E-state index contributed by atoms with van der Waals surface area (Å²) in [6.07, 6.45) is 1.35. The monoisotopic (exact) mass is 338 g/mol. The molecule has 2 N–H and O–H groups in total. The number of hydrogen-bond donors (Lipinski definition) is 2. The average molecular weight is 338 g/mol. The number of hydrogen-bond acceptors (Lipinski definition) is 2. The molecule has 2 aromatic carbocycles. The normalized spacial score (nSPS) is 18.2. The fourth-order valence-electron chi connectivity index (χ4n) is 3.29. The first-order valence-corrected chi connectivity index (χ1v) is 8.98. The van der Waals surface area contributed by atoms with E-state index < -0.39 is 0 Å². The average Bonchev–Trinajstić information content (AvgIpc) is 3.14. The largest absolute Gasteiger partial charge is 0.393 e. The molecule has 0 saturated carbocycles. The Kier molecular flexibility index (Phi) is 5.71. The summed E-state index contributed by atoms with van der Waals surface area (Å²) in [5.41, 5.74) is 3.63. The van der Waals surface area contributed by atoms with Crippen LogP contribution in [0.4, 0.5) is 4.79 Å². The van der Waals surface area contributed by atoms with Crippen LogP contribution in [-0.4, -0.2) is 41.8 Å². The molecule has 3 rings (SSSR count). The second kappa shape index (κ2) is 8.17. The van der Waals surface area contributed by atoms with Crippen molar-refractivity contribution < 1.29 is 9.90 Å². The molecule has 1 aliphatic heterocycles. The van der Waals surface area contributed by atoms with Crippen molar-refractivity contribution >= 4 is 6.03 Å². The Hall–Kier alpha value is -2.33. The lowest BCUT2D eigenvalue weighted by molar-refractivity contribution is 0.129. The summed E-state index contributed by atoms with van der Waals surface area (Å²) >= 11 is 0. The van der Waals surface area contributed by atoms with Gasteiger partial charge in [0.25, 0.3) is 0 Å². The molecular formula is C21H26N2O2. The quantitative estimate of drug-likeness (QED) is 0.879. The van der Waals surface area contributed by atoms with Crippen molar-refractivity contribution in [2.75, 3.05) is 19.6 Å². The van der Waals surface area contributed by atoms with Gasteiger partial charge < -0.3 is 15.3 Å². The van der Waals surface area contributed by atoms with Crippen LogP contribution in [0.25, 0.3) is 11.1 Å². The van der Waals surface area contributed by atoms with E-state index in [1.807, 2.05) is 18.2 Å². The van der Waals surface area contributed by atoms with Gasteiger partial charge in [-0.1, -0.05) is 54.6 Å². The summed E-state index contributed by atoms with van der Waals surface area (Å²) in [6, 6.07) is 18.8. The first-order valence-electron chi connectivity index (χ1n) is 8.98. The molecule has 4 heteroatoms. The maximum Gasteiger partial charge on any atom is 0.317 e. The maximum atomic E-state index is 12.2. The van der Waals surface area contributed by atoms with Crippen LogP contribution in [0, 0.1) is 5.92 Å². The highest BCUT2D eigenvalue weighted by Gasteiger charge is 2.28. The van der Waals surface area contributed by atoms with E-state index >= 15 is 0 Å². The maximum absolute atomic E-state index is 12.2. The number of carbonyl (C=O) groups excluding carboxylic acids is 1. The zero-order valence-corrected chi connectivity index (χ0v) is 14.7. The van der Waals surface area contributed by atoms with Gasteiger partial charge in [0.2, 0.25) is 0 Å². The molecule has 4 nitrogen and oxygen atoms in total. The Bertz CT molecular complexity index is 683. The van der Waals surface area contributed by atoms with Gasteiger partial charge in [0, 0.05) is 25.6 Å². The van der Waals surface area contributed by atoms with Gasteiger partial charge in [0.1, 0.15) is 0 Å². The molecule has 0 aromatic heterocycles. The van der Waals surface area contributed by atoms with Crippen molar-refractivity contribution in [3.63, 3.8) is 0 Å². The van der Waals surface area contributed by atoms with E-state index in [1.54, 1.807) is 11.8 Å². The van der Waals surface area contributed by atoms with Crippen LogP contribution in [0.2, 0.25) is 0 Å². The number of nitrogens with one attached hydrogen (secondary N) is 1. The highest BCUT2D eigenvalue weighted by Crippen LogP contribution is 2.20. The standard InChI is InChI=1S/C21H26N2O2/c1-16(24)20-12-14-23(15-20)21(25)22-13-11-17-7-9-19(10-8-17)18-5-3-2-4-6-18/h2-10,16,20,24H,11-15H2,1H3,(H,22,25)/t16-,20-/m0/s1. The topological polar surface area (TPSA) is 52.6 Å². The highest BCUT2D eigenvalue weighted by molar-refractivity contribution is 5.74. The van der Waals surface area contributed by atoms with Crippen molar-refractivity contribution in [2.24, 2.45) is 5.92 Å². The minimum absolute atomic E-state index is 0.0240. The number of amides is 2. The number of nitrogens with zero attached hydrogens (tertiary/aromatic N) is 1. The summed E-state index contributed by atoms with van der Waals surface area (Å²) in [5.74, 6) is 0.205. The lowest BCUT2D eigenvalue weighted by Gasteiger charge is -2.18. The SMILES string of the molecule is C[C@H](O)[C@H]1CCN(C(=O)NCCc2ccc(-c3ccccc3)cc2)C1. The van der Waals surface area contributed by atoms with Gasteiger partial charge in [-0.2, -0.15) is 0 Å². The molecule has 2 amide bonds. The third-order valence-corrected chi connectivity index (χ3v) is 4.95. The molecule has 1 saturated heterocycles. The zero-order valence-electron chi connectivity index (χ0n) is 14.7. The van der Waals surface area contributed by atoms with E-state index in [2.05, 4.69) is 41.7 Å². The molecular weight excluding hydrogens is 312 g/mol. The van der Waals surface area contributed by atoms with Gasteiger partial charge in [0.15, 0.2) is 0 Å². The summed E-state index contributed by atoms with van der Waals surface area (Å²) in [6.45, 7) is 3.80. The van der Waals surface area contributed by atoms with Crippen molar-refractivity contribution in [1.82, 2.24) is 10.2 Å². The van der Waals surface area contributed by atoms with E-state index in [1.165, 1.54) is 16.7 Å². The van der Waals surface area contributed by atoms with Gasteiger partial charge >= 0.3 is 6.03 Å². The fraction of sp³-hybridized carbons (Fsp3) is 0.381. The van der Waals surface area contributed by atoms with Gasteiger partial charge in [-0.05, 0) is 36.5 Å². The first kappa shape index (κ1) is 17.5. The Labute approximate surface area is 149 Å². The van der Waals surface area contributed by atoms with Gasteiger partial charge in [-0.15, -0.1) is 0 Å². The third kappa shape index (κ3) is 4.60. The number of rotatable bonds is 5. The summed E-state index contributed by atoms with van der Waals surface area (Å²) in [4.78, 5) is 14.0. The van der Waals surface area contributed by atoms with Crippen molar-refractivity contribution in [2.45, 2.75) is 25.9 Å². The smallest absolute Gasteiger partial charge is 0.317 e. The summed E-state index contributed by atoms with van der Waals surface area (Å²) < 4.78 is 0. The Morgan fingerprint density at radius 1 is 1.16 bits per heavy atom. The molecule has 0 radical (unpaired) electrons. The predicted molar refractivity (Wildman–Crippen MR) is 100 cm³/mol. The van der Waals surface area contributed by atoms with Crippen LogP contribution in [-0.2, 0) is 6.42 Å². The van der Waals surface area contributed by atoms with Gasteiger partial charge in [0.05, 0.1) is 6.10 Å². The Morgan fingerprint density at radius 3 is 2.48 bits per heavy atom. The lowest BCUT2D eigenvalue weighted by atomic mass is 10.0. The Morgan fingerprint density at radius 2 is 1.84 bits per heavy atom. The fourth-order valence-corrected chi connectivity index (χ4v) is 3.29. The number of aliphatic hydroxyl groups is 1. The zero-order chi connectivity index (χ0) is 17.6. The van der Waals surface area contributed by atoms with Gasteiger partial charge in [-0.3, -0.25) is 0 Å². The molecule has 1 aliphatic rings. The Balaban J connectivity index is 1.45. The molecule has 0 unspecified atom stereocenters. The molecule has 1 heterocycles. The third-order valence-electron chi connectivity index (χ3n) is 4.95. The molecule has 2 aromatic rings. The van der Waals surface area contributed by atoms with E-state index in [9.17, 15) is 9.90 Å². The number of benzene rings is 2. The summed E-state index contributed by atoms with van der Waals surface area (Å²) in [5, 5.41) is 12.6. The molecule has 0 aliphatic carbocycles. The van der Waals surface area contributed by atoms with E-state index in [0.717, 1.165) is 19.4 Å². The highest BCUT2D eigenvalue weighted by atomic mass is 16.3. The molecule has 132 valence electrons. The van der Waals surface area contributed by atoms with E-state index in [4.69, 9.17) is 0 Å². The second-order valence-corrected chi connectivity index (χ2v) is 6.78. The summed E-state index contributed by atoms with van der Waals surface area (Å²) in [7, 11) is 0. The van der Waals surface area contributed by atoms with Crippen LogP contribution in [0.15, 0.2) is 54.6 Å². The number of likely N-dealkylation sites (tertiary alicyclic amines) is 1. The van der Waals surface area contributed by atoms with Gasteiger partial charge in [-0.25, -0.2) is 4.79 Å². The van der Waals surface area contributed by atoms with Crippen molar-refractivity contribution in [3.8, 4) is 11.1 Å². The molecule has 25 heavy (non-hydrogen) atoms. The number of urea groups is 1. The van der Waals surface area contributed by atoms with E-state index in [-0.39, 0.29) is 18.1 Å². The van der Waals surface area contributed by atoms with Crippen LogP contribution in [0.3, 0.4) is 0 Å². The minimum Gasteiger partial charge on any atom is -0.393 e. The van der Waals surface area contributed by atoms with Crippen LogP contribution in [0.1, 0.15) is 18.9 Å². The first-order chi connectivity index (χ1) is 12.1. The van der Waals surface area contributed by atoms with Crippen molar-refractivity contribution in [1.29, 1.82) is 0 Å². The molecule has 1 fully saturated rings. The molecule has 2 atom stereocenters. The minimum atomic E-state index is -0.346. The van der Waals surface area contributed by atoms with Crippen LogP contribution < -0.4 is 5.32 Å². The molecule has 0 bridgehead atoms. The van der Waals surface area contributed by atoms with Crippen LogP contribution >= 0.6 is 0 Å². The molecule has 0 spiro atoms. The lowest BCUT2D eigenvalue weighted by Crippen LogP contribution is -2.39. The van der Waals surface area contributed by atoms with Crippen LogP contribution in [0.5, 0.6) is 0 Å². The van der Waals surface area contributed by atoms with E-state index in [0.29, 0.717) is 13.1 Å². The number of aliphatic hydroxyl groups excluding tert-OH is 1. The second-order valence-electron chi connectivity index (χ2n) is 6.78. The van der Waals surface area contributed by atoms with Crippen molar-refractivity contribution in [3.05, 3.63) is 60.2 Å².